The molecule has 218 valence electrons. The van der Waals surface area contributed by atoms with Gasteiger partial charge in [-0.3, -0.25) is 14.4 Å². The maximum absolute atomic E-state index is 14.3. The van der Waals surface area contributed by atoms with Crippen molar-refractivity contribution in [2.45, 2.75) is 98.4 Å². The number of amides is 4. The molecule has 0 fully saturated rings. The number of primary amides is 1. The van der Waals surface area contributed by atoms with Crippen molar-refractivity contribution in [2.24, 2.45) is 5.73 Å². The average molecular weight is 553 g/mol. The molecule has 2 aromatic rings. The second kappa shape index (κ2) is 14.0. The van der Waals surface area contributed by atoms with Gasteiger partial charge in [-0.1, -0.05) is 48.9 Å². The number of para-hydroxylation sites is 1. The number of hydrogen-bond donors (Lipinski definition) is 3. The minimum Gasteiger partial charge on any atom is -0.444 e. The molecular formula is C31H44N4O5. The number of benzene rings is 2. The number of alkyl carbamates (subject to hydrolysis) is 1. The quantitative estimate of drug-likeness (QED) is 0.358. The van der Waals surface area contributed by atoms with E-state index in [-0.39, 0.29) is 18.7 Å². The first-order chi connectivity index (χ1) is 18.6. The van der Waals surface area contributed by atoms with Crippen LogP contribution in [0.5, 0.6) is 0 Å². The van der Waals surface area contributed by atoms with Crippen LogP contribution in [0.4, 0.5) is 10.5 Å². The minimum atomic E-state index is -1.14. The standard InChI is InChI=1S/C31H44N4O5/c1-9-22(5)35(29(38)25(16-17-26(32)36)34-30(39)40-31(6,7)8)27(23-15-14-19(2)18-21(23)4)28(37)33-24-13-11-10-12-20(24)3/h10-15,18,22,25,27H,9,16-17H2,1-8H3,(H2,32,36)(H,33,37)(H,34,39). The zero-order valence-corrected chi connectivity index (χ0v) is 25.0. The van der Waals surface area contributed by atoms with E-state index >= 15 is 0 Å². The first-order valence-corrected chi connectivity index (χ1v) is 13.7. The normalized spacial score (nSPS) is 13.5. The van der Waals surface area contributed by atoms with E-state index in [4.69, 9.17) is 10.5 Å². The van der Waals surface area contributed by atoms with E-state index in [0.29, 0.717) is 17.7 Å². The van der Waals surface area contributed by atoms with Crippen molar-refractivity contribution in [1.82, 2.24) is 10.2 Å². The van der Waals surface area contributed by atoms with E-state index in [1.165, 1.54) is 4.90 Å². The first-order valence-electron chi connectivity index (χ1n) is 13.7. The predicted octanol–water partition coefficient (Wildman–Crippen LogP) is 5.08. The number of ether oxygens (including phenoxy) is 1. The molecule has 3 atom stereocenters. The maximum atomic E-state index is 14.3. The molecule has 4 N–H and O–H groups in total. The molecule has 0 aliphatic rings. The van der Waals surface area contributed by atoms with Gasteiger partial charge in [0.15, 0.2) is 0 Å². The van der Waals surface area contributed by atoms with Crippen molar-refractivity contribution in [1.29, 1.82) is 0 Å². The van der Waals surface area contributed by atoms with Gasteiger partial charge in [-0.2, -0.15) is 0 Å². The number of nitrogens with two attached hydrogens (primary N) is 1. The van der Waals surface area contributed by atoms with Gasteiger partial charge in [-0.05, 0) is 84.1 Å². The molecule has 0 saturated heterocycles. The summed E-state index contributed by atoms with van der Waals surface area (Å²) < 4.78 is 5.39. The number of carbonyl (C=O) groups excluding carboxylic acids is 4. The molecule has 0 bridgehead atoms. The van der Waals surface area contributed by atoms with E-state index in [1.807, 2.05) is 71.0 Å². The van der Waals surface area contributed by atoms with Gasteiger partial charge in [0.05, 0.1) is 0 Å². The van der Waals surface area contributed by atoms with Crippen LogP contribution >= 0.6 is 0 Å². The van der Waals surface area contributed by atoms with Crippen molar-refractivity contribution in [2.75, 3.05) is 5.32 Å². The number of anilines is 1. The van der Waals surface area contributed by atoms with Gasteiger partial charge >= 0.3 is 6.09 Å². The Kier molecular flexibility index (Phi) is 11.3. The van der Waals surface area contributed by atoms with Crippen molar-refractivity contribution < 1.29 is 23.9 Å². The fraction of sp³-hybridized carbons (Fsp3) is 0.484. The third-order valence-electron chi connectivity index (χ3n) is 6.64. The zero-order chi connectivity index (χ0) is 30.2. The lowest BCUT2D eigenvalue weighted by Gasteiger charge is -2.38. The number of rotatable bonds is 11. The molecular weight excluding hydrogens is 508 g/mol. The number of carbonyl (C=O) groups is 4. The Labute approximate surface area is 237 Å². The molecule has 0 aliphatic heterocycles. The van der Waals surface area contributed by atoms with Crippen LogP contribution in [0.25, 0.3) is 0 Å². The van der Waals surface area contributed by atoms with E-state index in [2.05, 4.69) is 10.6 Å². The lowest BCUT2D eigenvalue weighted by atomic mass is 9.94. The van der Waals surface area contributed by atoms with Gasteiger partial charge in [-0.25, -0.2) is 4.79 Å². The Bertz CT molecular complexity index is 1220. The third kappa shape index (κ3) is 9.10. The monoisotopic (exact) mass is 552 g/mol. The van der Waals surface area contributed by atoms with E-state index in [1.54, 1.807) is 26.8 Å². The topological polar surface area (TPSA) is 131 Å². The molecule has 2 rings (SSSR count). The fourth-order valence-corrected chi connectivity index (χ4v) is 4.43. The number of nitrogens with one attached hydrogen (secondary N) is 2. The molecule has 0 saturated carbocycles. The van der Waals surface area contributed by atoms with E-state index in [9.17, 15) is 19.2 Å². The van der Waals surface area contributed by atoms with Crippen LogP contribution < -0.4 is 16.4 Å². The summed E-state index contributed by atoms with van der Waals surface area (Å²) in [6, 6.07) is 10.6. The molecule has 4 amide bonds. The molecule has 9 heteroatoms. The maximum Gasteiger partial charge on any atom is 0.408 e. The van der Waals surface area contributed by atoms with Crippen LogP contribution in [0, 0.1) is 20.8 Å². The van der Waals surface area contributed by atoms with Crippen LogP contribution in [-0.2, 0) is 19.1 Å². The van der Waals surface area contributed by atoms with Crippen LogP contribution in [0.3, 0.4) is 0 Å². The molecule has 0 radical (unpaired) electrons. The lowest BCUT2D eigenvalue weighted by molar-refractivity contribution is -0.143. The second-order valence-electron chi connectivity index (χ2n) is 11.3. The van der Waals surface area contributed by atoms with Gasteiger partial charge in [0, 0.05) is 18.2 Å². The fourth-order valence-electron chi connectivity index (χ4n) is 4.43. The van der Waals surface area contributed by atoms with Gasteiger partial charge < -0.3 is 26.0 Å². The lowest BCUT2D eigenvalue weighted by Crippen LogP contribution is -2.55. The van der Waals surface area contributed by atoms with Crippen LogP contribution in [0.1, 0.15) is 82.2 Å². The molecule has 3 unspecified atom stereocenters. The molecule has 40 heavy (non-hydrogen) atoms. The second-order valence-corrected chi connectivity index (χ2v) is 11.3. The highest BCUT2D eigenvalue weighted by molar-refractivity contribution is 5.99. The molecule has 0 aromatic heterocycles. The summed E-state index contributed by atoms with van der Waals surface area (Å²) in [5, 5.41) is 5.63. The van der Waals surface area contributed by atoms with Crippen LogP contribution in [0.2, 0.25) is 0 Å². The minimum absolute atomic E-state index is 0.0423. The SMILES string of the molecule is CCC(C)N(C(=O)C(CCC(N)=O)NC(=O)OC(C)(C)C)C(C(=O)Nc1ccccc1C)c1ccc(C)cc1C. The summed E-state index contributed by atoms with van der Waals surface area (Å²) in [4.78, 5) is 54.3. The first kappa shape index (κ1) is 32.3. The molecule has 9 nitrogen and oxygen atoms in total. The summed E-state index contributed by atoms with van der Waals surface area (Å²) in [5.74, 6) is -1.51. The molecule has 0 spiro atoms. The van der Waals surface area contributed by atoms with Gasteiger partial charge in [-0.15, -0.1) is 0 Å². The highest BCUT2D eigenvalue weighted by atomic mass is 16.6. The predicted molar refractivity (Wildman–Crippen MR) is 157 cm³/mol. The smallest absolute Gasteiger partial charge is 0.408 e. The van der Waals surface area contributed by atoms with Gasteiger partial charge in [0.25, 0.3) is 5.91 Å². The summed E-state index contributed by atoms with van der Waals surface area (Å²) in [5.41, 5.74) is 8.64. The summed E-state index contributed by atoms with van der Waals surface area (Å²) in [6.45, 7) is 14.7. The Morgan fingerprint density at radius 3 is 2.20 bits per heavy atom. The van der Waals surface area contributed by atoms with Crippen molar-refractivity contribution in [3.8, 4) is 0 Å². The molecule has 0 heterocycles. The third-order valence-corrected chi connectivity index (χ3v) is 6.64. The summed E-state index contributed by atoms with van der Waals surface area (Å²) in [6.07, 6.45) is -0.435. The Balaban J connectivity index is 2.63. The summed E-state index contributed by atoms with van der Waals surface area (Å²) in [7, 11) is 0. The van der Waals surface area contributed by atoms with Crippen LogP contribution in [-0.4, -0.2) is 46.4 Å². The highest BCUT2D eigenvalue weighted by Crippen LogP contribution is 2.31. The number of aryl methyl sites for hydroxylation is 3. The van der Waals surface area contributed by atoms with Crippen molar-refractivity contribution in [3.05, 3.63) is 64.7 Å². The van der Waals surface area contributed by atoms with Crippen LogP contribution in [0.15, 0.2) is 42.5 Å². The Morgan fingerprint density at radius 1 is 1.00 bits per heavy atom. The Morgan fingerprint density at radius 2 is 1.65 bits per heavy atom. The van der Waals surface area contributed by atoms with E-state index < -0.39 is 41.6 Å². The number of hydrogen-bond acceptors (Lipinski definition) is 5. The zero-order valence-electron chi connectivity index (χ0n) is 25.0. The molecule has 0 aliphatic carbocycles. The largest absolute Gasteiger partial charge is 0.444 e. The molecule has 2 aromatic carbocycles. The van der Waals surface area contributed by atoms with Crippen molar-refractivity contribution >= 4 is 29.5 Å². The van der Waals surface area contributed by atoms with E-state index in [0.717, 1.165) is 16.7 Å². The van der Waals surface area contributed by atoms with Gasteiger partial charge in [0.2, 0.25) is 11.8 Å². The number of nitrogens with zero attached hydrogens (tertiary/aromatic N) is 1. The average Bonchev–Trinajstić information content (AvgIpc) is 2.85. The summed E-state index contributed by atoms with van der Waals surface area (Å²) >= 11 is 0. The van der Waals surface area contributed by atoms with Gasteiger partial charge in [0.1, 0.15) is 17.7 Å². The highest BCUT2D eigenvalue weighted by Gasteiger charge is 2.39. The Hall–Kier alpha value is -3.88. The van der Waals surface area contributed by atoms with Crippen molar-refractivity contribution in [3.63, 3.8) is 0 Å².